The van der Waals surface area contributed by atoms with Crippen molar-refractivity contribution in [1.29, 1.82) is 0 Å². The Labute approximate surface area is 129 Å². The number of hydrogen-bond acceptors (Lipinski definition) is 2. The van der Waals surface area contributed by atoms with Crippen LogP contribution in [0.5, 0.6) is 0 Å². The highest BCUT2D eigenvalue weighted by atomic mass is 16.4. The van der Waals surface area contributed by atoms with Gasteiger partial charge in [-0.3, -0.25) is 0 Å². The molecule has 3 nitrogen and oxygen atoms in total. The van der Waals surface area contributed by atoms with E-state index in [9.17, 15) is 9.90 Å². The van der Waals surface area contributed by atoms with Crippen LogP contribution in [-0.2, 0) is 0 Å². The SMILES string of the molecule is C=C(CC/C(=C/O)c1ccc(C(=O)O)cc1)c1ccccc1. The Morgan fingerprint density at radius 1 is 0.909 bits per heavy atom. The lowest BCUT2D eigenvalue weighted by Crippen LogP contribution is -1.96. The summed E-state index contributed by atoms with van der Waals surface area (Å²) in [4.78, 5) is 10.8. The molecule has 0 spiro atoms. The number of aliphatic hydroxyl groups is 1. The molecule has 112 valence electrons. The van der Waals surface area contributed by atoms with Crippen molar-refractivity contribution in [2.75, 3.05) is 0 Å². The molecule has 2 rings (SSSR count). The van der Waals surface area contributed by atoms with Crippen molar-refractivity contribution in [1.82, 2.24) is 0 Å². The van der Waals surface area contributed by atoms with Gasteiger partial charge in [-0.1, -0.05) is 49.0 Å². The lowest BCUT2D eigenvalue weighted by atomic mass is 9.96. The molecule has 0 saturated carbocycles. The van der Waals surface area contributed by atoms with Crippen molar-refractivity contribution in [2.24, 2.45) is 0 Å². The van der Waals surface area contributed by atoms with Gasteiger partial charge in [0.2, 0.25) is 0 Å². The molecule has 0 aromatic heterocycles. The summed E-state index contributed by atoms with van der Waals surface area (Å²) < 4.78 is 0. The number of aromatic carboxylic acids is 1. The Balaban J connectivity index is 2.04. The summed E-state index contributed by atoms with van der Waals surface area (Å²) in [5.41, 5.74) is 3.89. The maximum Gasteiger partial charge on any atom is 0.335 e. The summed E-state index contributed by atoms with van der Waals surface area (Å²) in [6.45, 7) is 4.08. The van der Waals surface area contributed by atoms with E-state index in [4.69, 9.17) is 5.11 Å². The molecule has 0 radical (unpaired) electrons. The quantitative estimate of drug-likeness (QED) is 0.754. The molecule has 2 aromatic rings. The van der Waals surface area contributed by atoms with Gasteiger partial charge in [0.1, 0.15) is 0 Å². The van der Waals surface area contributed by atoms with Gasteiger partial charge in [0.15, 0.2) is 0 Å². The van der Waals surface area contributed by atoms with Crippen molar-refractivity contribution in [3.8, 4) is 0 Å². The molecule has 0 saturated heterocycles. The van der Waals surface area contributed by atoms with Crippen LogP contribution in [0.4, 0.5) is 0 Å². The van der Waals surface area contributed by atoms with Crippen molar-refractivity contribution < 1.29 is 15.0 Å². The number of rotatable bonds is 6. The molecule has 0 aliphatic rings. The average Bonchev–Trinajstić information content (AvgIpc) is 2.56. The van der Waals surface area contributed by atoms with E-state index in [1.165, 1.54) is 12.1 Å². The lowest BCUT2D eigenvalue weighted by molar-refractivity contribution is 0.0697. The lowest BCUT2D eigenvalue weighted by Gasteiger charge is -2.09. The zero-order chi connectivity index (χ0) is 15.9. The van der Waals surface area contributed by atoms with Gasteiger partial charge < -0.3 is 10.2 Å². The number of carbonyl (C=O) groups is 1. The fraction of sp³-hybridized carbons (Fsp3) is 0.105. The van der Waals surface area contributed by atoms with Gasteiger partial charge in [-0.25, -0.2) is 4.79 Å². The van der Waals surface area contributed by atoms with E-state index in [1.54, 1.807) is 12.1 Å². The van der Waals surface area contributed by atoms with Crippen molar-refractivity contribution >= 4 is 17.1 Å². The van der Waals surface area contributed by atoms with Crippen LogP contribution >= 0.6 is 0 Å². The first-order valence-electron chi connectivity index (χ1n) is 7.02. The van der Waals surface area contributed by atoms with Crippen molar-refractivity contribution in [3.63, 3.8) is 0 Å². The maximum atomic E-state index is 10.8. The van der Waals surface area contributed by atoms with Crippen LogP contribution in [0.25, 0.3) is 11.1 Å². The molecule has 2 N–H and O–H groups in total. The summed E-state index contributed by atoms with van der Waals surface area (Å²) >= 11 is 0. The average molecular weight is 294 g/mol. The Morgan fingerprint density at radius 3 is 2.05 bits per heavy atom. The number of carboxylic acid groups (broad SMARTS) is 1. The highest BCUT2D eigenvalue weighted by Crippen LogP contribution is 2.25. The second kappa shape index (κ2) is 7.27. The molecule has 0 aliphatic carbocycles. The fourth-order valence-corrected chi connectivity index (χ4v) is 2.21. The van der Waals surface area contributed by atoms with Crippen LogP contribution in [0, 0.1) is 0 Å². The first-order valence-corrected chi connectivity index (χ1v) is 7.02. The van der Waals surface area contributed by atoms with Crippen LogP contribution < -0.4 is 0 Å². The number of carboxylic acids is 1. The predicted octanol–water partition coefficient (Wildman–Crippen LogP) is 4.78. The minimum Gasteiger partial charge on any atom is -0.515 e. The third kappa shape index (κ3) is 3.85. The van der Waals surface area contributed by atoms with Gasteiger partial charge in [-0.05, 0) is 47.2 Å². The van der Waals surface area contributed by atoms with Crippen molar-refractivity contribution in [3.05, 3.63) is 84.1 Å². The zero-order valence-corrected chi connectivity index (χ0v) is 12.2. The zero-order valence-electron chi connectivity index (χ0n) is 12.2. The first-order chi connectivity index (χ1) is 10.6. The molecule has 0 unspecified atom stereocenters. The van der Waals surface area contributed by atoms with Gasteiger partial charge in [0, 0.05) is 0 Å². The highest BCUT2D eigenvalue weighted by Gasteiger charge is 2.07. The molecule has 0 atom stereocenters. The van der Waals surface area contributed by atoms with Gasteiger partial charge in [-0.15, -0.1) is 0 Å². The van der Waals surface area contributed by atoms with E-state index in [1.807, 2.05) is 30.3 Å². The van der Waals surface area contributed by atoms with E-state index in [0.29, 0.717) is 6.42 Å². The third-order valence-electron chi connectivity index (χ3n) is 3.54. The van der Waals surface area contributed by atoms with Crippen molar-refractivity contribution in [2.45, 2.75) is 12.8 Å². The molecular formula is C19H18O3. The van der Waals surface area contributed by atoms with Crippen LogP contribution in [0.3, 0.4) is 0 Å². The molecule has 3 heteroatoms. The summed E-state index contributed by atoms with van der Waals surface area (Å²) in [5, 5.41) is 18.3. The second-order valence-corrected chi connectivity index (χ2v) is 5.01. The fourth-order valence-electron chi connectivity index (χ4n) is 2.21. The number of allylic oxidation sites excluding steroid dienone is 2. The second-order valence-electron chi connectivity index (χ2n) is 5.01. The Morgan fingerprint density at radius 2 is 1.50 bits per heavy atom. The third-order valence-corrected chi connectivity index (χ3v) is 3.54. The summed E-state index contributed by atoms with van der Waals surface area (Å²) in [6.07, 6.45) is 2.43. The molecule has 0 aliphatic heterocycles. The Bertz CT molecular complexity index is 682. The molecule has 0 heterocycles. The Kier molecular flexibility index (Phi) is 5.15. The molecule has 0 bridgehead atoms. The van der Waals surface area contributed by atoms with Gasteiger partial charge in [0.05, 0.1) is 11.8 Å². The summed E-state index contributed by atoms with van der Waals surface area (Å²) in [6, 6.07) is 16.4. The van der Waals surface area contributed by atoms with E-state index in [-0.39, 0.29) is 5.56 Å². The predicted molar refractivity (Wildman–Crippen MR) is 88.7 cm³/mol. The maximum absolute atomic E-state index is 10.8. The summed E-state index contributed by atoms with van der Waals surface area (Å²) in [5.74, 6) is -0.960. The van der Waals surface area contributed by atoms with Gasteiger partial charge >= 0.3 is 5.97 Å². The number of benzene rings is 2. The van der Waals surface area contributed by atoms with Gasteiger partial charge in [-0.2, -0.15) is 0 Å². The summed E-state index contributed by atoms with van der Waals surface area (Å²) in [7, 11) is 0. The minimum absolute atomic E-state index is 0.231. The standard InChI is InChI=1S/C19H18O3/c1-14(15-5-3-2-4-6-15)7-8-18(13-20)16-9-11-17(12-10-16)19(21)22/h2-6,9-13,20H,1,7-8H2,(H,21,22)/b18-13-. The largest absolute Gasteiger partial charge is 0.515 e. The minimum atomic E-state index is -0.960. The monoisotopic (exact) mass is 294 g/mol. The normalized spacial score (nSPS) is 11.2. The van der Waals surface area contributed by atoms with Gasteiger partial charge in [0.25, 0.3) is 0 Å². The molecule has 22 heavy (non-hydrogen) atoms. The number of hydrogen-bond donors (Lipinski definition) is 2. The van der Waals surface area contributed by atoms with E-state index in [2.05, 4.69) is 6.58 Å². The highest BCUT2D eigenvalue weighted by molar-refractivity contribution is 5.88. The van der Waals surface area contributed by atoms with E-state index in [0.717, 1.165) is 35.0 Å². The molecule has 2 aromatic carbocycles. The smallest absolute Gasteiger partial charge is 0.335 e. The molecular weight excluding hydrogens is 276 g/mol. The van der Waals surface area contributed by atoms with E-state index >= 15 is 0 Å². The Hall–Kier alpha value is -2.81. The van der Waals surface area contributed by atoms with Crippen LogP contribution in [0.2, 0.25) is 0 Å². The topological polar surface area (TPSA) is 57.5 Å². The van der Waals surface area contributed by atoms with Crippen LogP contribution in [0.1, 0.15) is 34.3 Å². The van der Waals surface area contributed by atoms with E-state index < -0.39 is 5.97 Å². The van der Waals surface area contributed by atoms with Crippen LogP contribution in [-0.4, -0.2) is 16.2 Å². The first kappa shape index (κ1) is 15.6. The molecule has 0 fully saturated rings. The molecule has 0 amide bonds. The number of aliphatic hydroxyl groups excluding tert-OH is 1. The van der Waals surface area contributed by atoms with Crippen LogP contribution in [0.15, 0.2) is 67.4 Å².